The Morgan fingerprint density at radius 2 is 2.26 bits per heavy atom. The molecule has 5 nitrogen and oxygen atoms in total. The maximum Gasteiger partial charge on any atom is 0.275 e. The van der Waals surface area contributed by atoms with Crippen molar-refractivity contribution in [3.63, 3.8) is 0 Å². The molecule has 0 aliphatic carbocycles. The van der Waals surface area contributed by atoms with E-state index in [0.29, 0.717) is 18.8 Å². The summed E-state index contributed by atoms with van der Waals surface area (Å²) in [5.41, 5.74) is 1.55. The van der Waals surface area contributed by atoms with Crippen LogP contribution in [0.3, 0.4) is 0 Å². The number of carbonyl (C=O) groups excluding carboxylic acids is 1. The summed E-state index contributed by atoms with van der Waals surface area (Å²) in [6.07, 6.45) is 1.19. The number of likely N-dealkylation sites (tertiary alicyclic amines) is 1. The number of morpholine rings is 1. The zero-order valence-electron chi connectivity index (χ0n) is 10.7. The van der Waals surface area contributed by atoms with Gasteiger partial charge in [-0.25, -0.2) is 0 Å². The Balaban J connectivity index is 1.76. The third-order valence-corrected chi connectivity index (χ3v) is 4.12. The molecule has 4 rings (SSSR count). The highest BCUT2D eigenvalue weighted by molar-refractivity contribution is 6.05. The molecule has 1 aromatic heterocycles. The van der Waals surface area contributed by atoms with Crippen molar-refractivity contribution in [3.05, 3.63) is 30.0 Å². The molecular weight excluding hydrogens is 242 g/mol. The quantitative estimate of drug-likeness (QED) is 0.771. The lowest BCUT2D eigenvalue weighted by molar-refractivity contribution is 0.0256. The van der Waals surface area contributed by atoms with E-state index >= 15 is 0 Å². The number of aryl methyl sites for hydroxylation is 1. The molecule has 0 N–H and O–H groups in total. The summed E-state index contributed by atoms with van der Waals surface area (Å²) >= 11 is 0. The van der Waals surface area contributed by atoms with Gasteiger partial charge in [0.2, 0.25) is 0 Å². The fraction of sp³-hybridized carbons (Fsp3) is 0.429. The number of rotatable bonds is 1. The van der Waals surface area contributed by atoms with Gasteiger partial charge in [-0.3, -0.25) is 9.48 Å². The molecule has 1 amide bonds. The lowest BCUT2D eigenvalue weighted by Gasteiger charge is -2.26. The van der Waals surface area contributed by atoms with Gasteiger partial charge in [0.05, 0.1) is 24.3 Å². The van der Waals surface area contributed by atoms with Crippen LogP contribution in [0.5, 0.6) is 0 Å². The first-order valence-electron chi connectivity index (χ1n) is 6.58. The van der Waals surface area contributed by atoms with Crippen LogP contribution in [-0.4, -0.2) is 45.9 Å². The topological polar surface area (TPSA) is 47.4 Å². The Morgan fingerprint density at radius 1 is 1.42 bits per heavy atom. The Labute approximate surface area is 110 Å². The van der Waals surface area contributed by atoms with Gasteiger partial charge in [0, 0.05) is 19.0 Å². The number of carbonyl (C=O) groups is 1. The molecule has 5 heteroatoms. The number of hydrogen-bond acceptors (Lipinski definition) is 3. The maximum absolute atomic E-state index is 12.7. The monoisotopic (exact) mass is 257 g/mol. The summed E-state index contributed by atoms with van der Waals surface area (Å²) in [5, 5.41) is 5.33. The van der Waals surface area contributed by atoms with Crippen molar-refractivity contribution in [2.24, 2.45) is 7.05 Å². The fourth-order valence-electron chi connectivity index (χ4n) is 3.16. The highest BCUT2D eigenvalue weighted by Crippen LogP contribution is 2.30. The van der Waals surface area contributed by atoms with E-state index in [-0.39, 0.29) is 18.1 Å². The number of fused-ring (bicyclic) bond motifs is 3. The van der Waals surface area contributed by atoms with E-state index in [1.807, 2.05) is 36.2 Å². The molecule has 2 atom stereocenters. The first-order chi connectivity index (χ1) is 9.24. The zero-order valence-corrected chi connectivity index (χ0v) is 10.7. The van der Waals surface area contributed by atoms with Crippen LogP contribution in [0.25, 0.3) is 10.9 Å². The standard InChI is InChI=1S/C14H15N3O2/c1-16-12-5-3-2-4-11(12)13(15-16)14(18)17-7-10-6-9(17)8-19-10/h2-5,9-10H,6-8H2,1H3. The van der Waals surface area contributed by atoms with E-state index in [1.54, 1.807) is 4.68 Å². The van der Waals surface area contributed by atoms with E-state index < -0.39 is 0 Å². The molecule has 3 heterocycles. The predicted molar refractivity (Wildman–Crippen MR) is 69.9 cm³/mol. The van der Waals surface area contributed by atoms with Crippen molar-refractivity contribution >= 4 is 16.8 Å². The van der Waals surface area contributed by atoms with Crippen LogP contribution >= 0.6 is 0 Å². The van der Waals surface area contributed by atoms with Gasteiger partial charge < -0.3 is 9.64 Å². The molecule has 2 aliphatic heterocycles. The molecule has 2 unspecified atom stereocenters. The number of aromatic nitrogens is 2. The van der Waals surface area contributed by atoms with Gasteiger partial charge in [-0.15, -0.1) is 0 Å². The fourth-order valence-corrected chi connectivity index (χ4v) is 3.16. The molecule has 2 aliphatic rings. The van der Waals surface area contributed by atoms with E-state index in [0.717, 1.165) is 17.3 Å². The van der Waals surface area contributed by atoms with Gasteiger partial charge in [0.25, 0.3) is 5.91 Å². The number of ether oxygens (including phenoxy) is 1. The smallest absolute Gasteiger partial charge is 0.275 e. The van der Waals surface area contributed by atoms with Crippen molar-refractivity contribution in [1.29, 1.82) is 0 Å². The van der Waals surface area contributed by atoms with Gasteiger partial charge in [0.15, 0.2) is 5.69 Å². The zero-order chi connectivity index (χ0) is 13.0. The summed E-state index contributed by atoms with van der Waals surface area (Å²) in [7, 11) is 1.87. The van der Waals surface area contributed by atoms with Gasteiger partial charge in [-0.1, -0.05) is 18.2 Å². The molecule has 2 aromatic rings. The number of benzene rings is 1. The number of nitrogens with zero attached hydrogens (tertiary/aromatic N) is 3. The Bertz CT molecular complexity index is 664. The summed E-state index contributed by atoms with van der Waals surface area (Å²) in [5.74, 6) is 0.0348. The van der Waals surface area contributed by atoms with Crippen molar-refractivity contribution in [2.75, 3.05) is 13.2 Å². The van der Waals surface area contributed by atoms with Gasteiger partial charge in [-0.2, -0.15) is 5.10 Å². The normalized spacial score (nSPS) is 25.4. The average Bonchev–Trinajstić information content (AvgIpc) is 3.13. The van der Waals surface area contributed by atoms with Gasteiger partial charge in [0.1, 0.15) is 0 Å². The maximum atomic E-state index is 12.7. The third-order valence-electron chi connectivity index (χ3n) is 4.12. The molecule has 0 radical (unpaired) electrons. The van der Waals surface area contributed by atoms with Crippen molar-refractivity contribution in [1.82, 2.24) is 14.7 Å². The van der Waals surface area contributed by atoms with Crippen molar-refractivity contribution in [2.45, 2.75) is 18.6 Å². The highest BCUT2D eigenvalue weighted by atomic mass is 16.5. The second-order valence-electron chi connectivity index (χ2n) is 5.29. The first kappa shape index (κ1) is 11.0. The molecule has 0 saturated carbocycles. The summed E-state index contributed by atoms with van der Waals surface area (Å²) < 4.78 is 7.31. The van der Waals surface area contributed by atoms with E-state index in [9.17, 15) is 4.79 Å². The van der Waals surface area contributed by atoms with E-state index in [2.05, 4.69) is 5.10 Å². The summed E-state index contributed by atoms with van der Waals surface area (Å²) in [4.78, 5) is 14.6. The minimum atomic E-state index is 0.0348. The van der Waals surface area contributed by atoms with Crippen LogP contribution < -0.4 is 0 Å². The van der Waals surface area contributed by atoms with Crippen molar-refractivity contribution in [3.8, 4) is 0 Å². The Kier molecular flexibility index (Phi) is 2.20. The average molecular weight is 257 g/mol. The minimum Gasteiger partial charge on any atom is -0.374 e. The second-order valence-corrected chi connectivity index (χ2v) is 5.29. The Hall–Kier alpha value is -1.88. The number of para-hydroxylation sites is 1. The third kappa shape index (κ3) is 1.51. The first-order valence-corrected chi connectivity index (χ1v) is 6.58. The lowest BCUT2D eigenvalue weighted by Crippen LogP contribution is -2.41. The molecule has 2 saturated heterocycles. The number of hydrogen-bond donors (Lipinski definition) is 0. The molecule has 0 spiro atoms. The Morgan fingerprint density at radius 3 is 3.00 bits per heavy atom. The van der Waals surface area contributed by atoms with Crippen LogP contribution in [0.2, 0.25) is 0 Å². The lowest BCUT2D eigenvalue weighted by atomic mass is 10.2. The minimum absolute atomic E-state index is 0.0348. The molecule has 2 fully saturated rings. The largest absolute Gasteiger partial charge is 0.374 e. The molecule has 19 heavy (non-hydrogen) atoms. The summed E-state index contributed by atoms with van der Waals surface area (Å²) in [6.45, 7) is 1.37. The molecule has 98 valence electrons. The van der Waals surface area contributed by atoms with Crippen LogP contribution in [0.4, 0.5) is 0 Å². The molecular formula is C14H15N3O2. The molecule has 2 bridgehead atoms. The predicted octanol–water partition coefficient (Wildman–Crippen LogP) is 1.19. The van der Waals surface area contributed by atoms with Crippen LogP contribution in [0, 0.1) is 0 Å². The summed E-state index contributed by atoms with van der Waals surface area (Å²) in [6, 6.07) is 8.08. The van der Waals surface area contributed by atoms with E-state index in [1.165, 1.54) is 0 Å². The molecule has 1 aromatic carbocycles. The SMILES string of the molecule is Cn1nc(C(=O)N2CC3CC2CO3)c2ccccc21. The van der Waals surface area contributed by atoms with Gasteiger partial charge >= 0.3 is 0 Å². The van der Waals surface area contributed by atoms with Gasteiger partial charge in [-0.05, 0) is 12.5 Å². The number of amides is 1. The van der Waals surface area contributed by atoms with Crippen LogP contribution in [-0.2, 0) is 11.8 Å². The van der Waals surface area contributed by atoms with Crippen LogP contribution in [0.1, 0.15) is 16.9 Å². The highest BCUT2D eigenvalue weighted by Gasteiger charge is 2.42. The second kappa shape index (κ2) is 3.81. The van der Waals surface area contributed by atoms with Crippen molar-refractivity contribution < 1.29 is 9.53 Å². The van der Waals surface area contributed by atoms with Crippen LogP contribution in [0.15, 0.2) is 24.3 Å². The van der Waals surface area contributed by atoms with E-state index in [4.69, 9.17) is 4.74 Å².